The molecule has 0 bridgehead atoms. The van der Waals surface area contributed by atoms with E-state index in [1.807, 2.05) is 0 Å². The van der Waals surface area contributed by atoms with E-state index in [0.29, 0.717) is 0 Å². The van der Waals surface area contributed by atoms with Crippen molar-refractivity contribution >= 4 is 21.4 Å². The van der Waals surface area contributed by atoms with Crippen LogP contribution in [0.1, 0.15) is 0 Å². The molecular weight excluding hydrogens is 230 g/mol. The fraction of sp³-hybridized carbons (Fsp3) is 0.333. The molecule has 0 atom stereocenters. The third kappa shape index (κ3) is 2.69. The molecule has 16 heavy (non-hydrogen) atoms. The molecule has 0 unspecified atom stereocenters. The number of hydrogen-bond donors (Lipinski definition) is 1. The largest absolute Gasteiger partial charge is 0.396 e. The first-order valence-corrected chi connectivity index (χ1v) is 6.12. The summed E-state index contributed by atoms with van der Waals surface area (Å²) < 4.78 is 23.6. The van der Waals surface area contributed by atoms with Gasteiger partial charge in [0.05, 0.1) is 16.8 Å². The van der Waals surface area contributed by atoms with Crippen LogP contribution in [-0.2, 0) is 14.6 Å². The van der Waals surface area contributed by atoms with Crippen LogP contribution in [0.3, 0.4) is 0 Å². The Morgan fingerprint density at radius 1 is 1.50 bits per heavy atom. The zero-order chi connectivity index (χ0) is 12.3. The van der Waals surface area contributed by atoms with Crippen molar-refractivity contribution in [3.63, 3.8) is 0 Å². The molecule has 1 amide bonds. The Bertz CT molecular complexity index is 496. The Morgan fingerprint density at radius 2 is 2.12 bits per heavy atom. The maximum Gasteiger partial charge on any atom is 0.237 e. The van der Waals surface area contributed by atoms with Crippen LogP contribution < -0.4 is 5.73 Å². The summed E-state index contributed by atoms with van der Waals surface area (Å²) in [7, 11) is -0.704. The van der Waals surface area contributed by atoms with Crippen LogP contribution in [-0.4, -0.2) is 44.1 Å². The first-order chi connectivity index (χ1) is 7.34. The van der Waals surface area contributed by atoms with Crippen molar-refractivity contribution in [3.8, 4) is 0 Å². The van der Waals surface area contributed by atoms with Gasteiger partial charge in [0.1, 0.15) is 5.75 Å². The highest BCUT2D eigenvalue weighted by Crippen LogP contribution is 2.17. The van der Waals surface area contributed by atoms with Gasteiger partial charge in [-0.1, -0.05) is 0 Å². The van der Waals surface area contributed by atoms with Gasteiger partial charge in [-0.2, -0.15) is 0 Å². The Balaban J connectivity index is 3.05. The summed E-state index contributed by atoms with van der Waals surface area (Å²) in [5.41, 5.74) is 5.54. The molecule has 88 valence electrons. The second-order valence-corrected chi connectivity index (χ2v) is 5.42. The minimum absolute atomic E-state index is 0.0501. The molecule has 6 nitrogen and oxygen atoms in total. The van der Waals surface area contributed by atoms with Gasteiger partial charge in [0.2, 0.25) is 5.91 Å². The molecule has 0 saturated carbocycles. The molecular formula is C9H13N3O3S. The van der Waals surface area contributed by atoms with Gasteiger partial charge in [-0.05, 0) is 6.07 Å². The lowest BCUT2D eigenvalue weighted by atomic mass is 10.4. The molecule has 1 heterocycles. The van der Waals surface area contributed by atoms with Crippen molar-refractivity contribution in [3.05, 3.63) is 18.5 Å². The van der Waals surface area contributed by atoms with E-state index in [0.717, 1.165) is 0 Å². The lowest BCUT2D eigenvalue weighted by Crippen LogP contribution is -2.29. The average Bonchev–Trinajstić information content (AvgIpc) is 2.17. The van der Waals surface area contributed by atoms with Crippen LogP contribution in [0, 0.1) is 0 Å². The summed E-state index contributed by atoms with van der Waals surface area (Å²) in [5, 5.41) is 0. The lowest BCUT2D eigenvalue weighted by Gasteiger charge is -2.11. The highest BCUT2D eigenvalue weighted by atomic mass is 32.2. The predicted octanol–water partition coefficient (Wildman–Crippen LogP) is -0.474. The third-order valence-electron chi connectivity index (χ3n) is 1.96. The first kappa shape index (κ1) is 12.4. The van der Waals surface area contributed by atoms with Crippen molar-refractivity contribution < 1.29 is 13.2 Å². The molecule has 0 fully saturated rings. The molecule has 1 rings (SSSR count). The van der Waals surface area contributed by atoms with Crippen molar-refractivity contribution in [2.75, 3.05) is 25.6 Å². The summed E-state index contributed by atoms with van der Waals surface area (Å²) in [4.78, 5) is 16.2. The minimum Gasteiger partial charge on any atom is -0.396 e. The van der Waals surface area contributed by atoms with E-state index in [-0.39, 0.29) is 10.6 Å². The van der Waals surface area contributed by atoms with Crippen LogP contribution in [0.5, 0.6) is 0 Å². The number of pyridine rings is 1. The van der Waals surface area contributed by atoms with Crippen LogP contribution >= 0.6 is 0 Å². The topological polar surface area (TPSA) is 93.4 Å². The van der Waals surface area contributed by atoms with Gasteiger partial charge in [0.15, 0.2) is 9.84 Å². The number of sulfone groups is 1. The summed E-state index contributed by atoms with van der Waals surface area (Å²) >= 11 is 0. The number of carbonyl (C=O) groups excluding carboxylic acids is 1. The number of nitrogen functional groups attached to an aromatic ring is 1. The molecule has 2 N–H and O–H groups in total. The Kier molecular flexibility index (Phi) is 3.48. The van der Waals surface area contributed by atoms with Crippen LogP contribution in [0.2, 0.25) is 0 Å². The van der Waals surface area contributed by atoms with E-state index >= 15 is 0 Å². The lowest BCUT2D eigenvalue weighted by molar-refractivity contribution is -0.125. The van der Waals surface area contributed by atoms with Gasteiger partial charge < -0.3 is 10.6 Å². The van der Waals surface area contributed by atoms with Crippen molar-refractivity contribution in [2.24, 2.45) is 0 Å². The zero-order valence-electron chi connectivity index (χ0n) is 9.04. The minimum atomic E-state index is -3.69. The highest BCUT2D eigenvalue weighted by Gasteiger charge is 2.22. The van der Waals surface area contributed by atoms with E-state index in [1.54, 1.807) is 0 Å². The number of nitrogens with zero attached hydrogens (tertiary/aromatic N) is 2. The summed E-state index contributed by atoms with van der Waals surface area (Å²) in [5.74, 6) is -1.08. The first-order valence-electron chi connectivity index (χ1n) is 4.47. The van der Waals surface area contributed by atoms with Crippen molar-refractivity contribution in [1.29, 1.82) is 0 Å². The van der Waals surface area contributed by atoms with E-state index in [2.05, 4.69) is 4.98 Å². The van der Waals surface area contributed by atoms with E-state index in [9.17, 15) is 13.2 Å². The Hall–Kier alpha value is -1.63. The average molecular weight is 243 g/mol. The van der Waals surface area contributed by atoms with Gasteiger partial charge in [-0.3, -0.25) is 9.78 Å². The maximum absolute atomic E-state index is 11.8. The summed E-state index contributed by atoms with van der Waals surface area (Å²) in [6, 6.07) is 1.29. The van der Waals surface area contributed by atoms with E-state index < -0.39 is 21.5 Å². The Morgan fingerprint density at radius 3 is 2.62 bits per heavy atom. The van der Waals surface area contributed by atoms with Crippen molar-refractivity contribution in [1.82, 2.24) is 9.88 Å². The quantitative estimate of drug-likeness (QED) is 0.774. The van der Waals surface area contributed by atoms with Gasteiger partial charge in [-0.15, -0.1) is 0 Å². The fourth-order valence-corrected chi connectivity index (χ4v) is 2.47. The summed E-state index contributed by atoms with van der Waals surface area (Å²) in [6.07, 6.45) is 2.57. The molecule has 0 spiro atoms. The van der Waals surface area contributed by atoms with Gasteiger partial charge in [-0.25, -0.2) is 8.42 Å². The van der Waals surface area contributed by atoms with Gasteiger partial charge in [0.25, 0.3) is 0 Å². The second kappa shape index (κ2) is 4.48. The second-order valence-electron chi connectivity index (χ2n) is 3.46. The molecule has 1 aromatic rings. The highest BCUT2D eigenvalue weighted by molar-refractivity contribution is 7.92. The van der Waals surface area contributed by atoms with Crippen LogP contribution in [0.4, 0.5) is 5.69 Å². The zero-order valence-corrected chi connectivity index (χ0v) is 9.86. The predicted molar refractivity (Wildman–Crippen MR) is 59.4 cm³/mol. The Labute approximate surface area is 94.0 Å². The molecule has 7 heteroatoms. The summed E-state index contributed by atoms with van der Waals surface area (Å²) in [6.45, 7) is 0. The normalized spacial score (nSPS) is 11.1. The number of carbonyl (C=O) groups is 1. The number of nitrogens with two attached hydrogens (primary N) is 1. The van der Waals surface area contributed by atoms with Gasteiger partial charge in [0, 0.05) is 20.3 Å². The van der Waals surface area contributed by atoms with Gasteiger partial charge >= 0.3 is 0 Å². The maximum atomic E-state index is 11.8. The van der Waals surface area contributed by atoms with Crippen molar-refractivity contribution in [2.45, 2.75) is 4.90 Å². The van der Waals surface area contributed by atoms with Crippen LogP contribution in [0.15, 0.2) is 23.4 Å². The smallest absolute Gasteiger partial charge is 0.237 e. The monoisotopic (exact) mass is 243 g/mol. The molecule has 0 aliphatic heterocycles. The molecule has 0 aliphatic carbocycles. The molecule has 0 saturated heterocycles. The standard InChI is InChI=1S/C9H13N3O3S/c1-12(2)9(13)6-16(14,15)8-3-4-11-5-7(8)10/h3-5H,6,10H2,1-2H3. The molecule has 0 radical (unpaired) electrons. The number of anilines is 1. The van der Waals surface area contributed by atoms with E-state index in [4.69, 9.17) is 5.73 Å². The molecule has 1 aromatic heterocycles. The number of aromatic nitrogens is 1. The number of hydrogen-bond acceptors (Lipinski definition) is 5. The number of amides is 1. The third-order valence-corrected chi connectivity index (χ3v) is 3.63. The van der Waals surface area contributed by atoms with Crippen LogP contribution in [0.25, 0.3) is 0 Å². The number of rotatable bonds is 3. The fourth-order valence-electron chi connectivity index (χ4n) is 1.05. The molecule has 0 aliphatic rings. The van der Waals surface area contributed by atoms with E-state index in [1.165, 1.54) is 37.5 Å². The SMILES string of the molecule is CN(C)C(=O)CS(=O)(=O)c1ccncc1N. The molecule has 0 aromatic carbocycles.